The van der Waals surface area contributed by atoms with Gasteiger partial charge in [-0.15, -0.1) is 11.8 Å². The summed E-state index contributed by atoms with van der Waals surface area (Å²) >= 11 is 0. The van der Waals surface area contributed by atoms with E-state index in [0.29, 0.717) is 10.8 Å². The van der Waals surface area contributed by atoms with Gasteiger partial charge in [-0.3, -0.25) is 0 Å². The minimum Gasteiger partial charge on any atom is -0.103 e. The van der Waals surface area contributed by atoms with Crippen molar-refractivity contribution in [3.8, 4) is 11.8 Å². The van der Waals surface area contributed by atoms with E-state index in [4.69, 9.17) is 0 Å². The van der Waals surface area contributed by atoms with Crippen molar-refractivity contribution in [1.29, 1.82) is 0 Å². The Kier molecular flexibility index (Phi) is 3.65. The van der Waals surface area contributed by atoms with Gasteiger partial charge < -0.3 is 0 Å². The van der Waals surface area contributed by atoms with Gasteiger partial charge in [0, 0.05) is 12.8 Å². The third kappa shape index (κ3) is 4.18. The summed E-state index contributed by atoms with van der Waals surface area (Å²) in [5.74, 6) is 6.62. The highest BCUT2D eigenvalue weighted by Gasteiger charge is 2.23. The Balaban J connectivity index is 2.64. The maximum absolute atomic E-state index is 3.32. The van der Waals surface area contributed by atoms with Crippen LogP contribution in [0.3, 0.4) is 0 Å². The highest BCUT2D eigenvalue weighted by molar-refractivity contribution is 5.02. The van der Waals surface area contributed by atoms with Gasteiger partial charge in [-0.2, -0.15) is 0 Å². The molecule has 0 fully saturated rings. The van der Waals surface area contributed by atoms with Crippen molar-refractivity contribution >= 4 is 0 Å². The van der Waals surface area contributed by atoms with Gasteiger partial charge in [-0.1, -0.05) is 27.7 Å². The van der Waals surface area contributed by atoms with Gasteiger partial charge in [0.1, 0.15) is 0 Å². The van der Waals surface area contributed by atoms with E-state index in [1.807, 2.05) is 0 Å². The normalized spacial score (nSPS) is 26.0. The van der Waals surface area contributed by atoms with Crippen molar-refractivity contribution in [3.63, 3.8) is 0 Å². The summed E-state index contributed by atoms with van der Waals surface area (Å²) in [6.07, 6.45) is 7.44. The summed E-state index contributed by atoms with van der Waals surface area (Å²) in [5.41, 5.74) is 0.942. The van der Waals surface area contributed by atoms with Crippen LogP contribution in [-0.2, 0) is 0 Å². The van der Waals surface area contributed by atoms with Crippen molar-refractivity contribution in [2.24, 2.45) is 10.8 Å². The van der Waals surface area contributed by atoms with Crippen LogP contribution in [-0.4, -0.2) is 0 Å². The van der Waals surface area contributed by atoms with Gasteiger partial charge in [-0.05, 0) is 36.5 Å². The lowest BCUT2D eigenvalue weighted by Gasteiger charge is -2.30. The zero-order valence-corrected chi connectivity index (χ0v) is 10.2. The molecule has 80 valence electrons. The van der Waals surface area contributed by atoms with Crippen LogP contribution in [0.2, 0.25) is 0 Å². The zero-order valence-electron chi connectivity index (χ0n) is 10.2. The topological polar surface area (TPSA) is 0 Å². The van der Waals surface area contributed by atoms with E-state index in [2.05, 4.69) is 39.5 Å². The van der Waals surface area contributed by atoms with Crippen LogP contribution in [0.4, 0.5) is 0 Å². The highest BCUT2D eigenvalue weighted by Crippen LogP contribution is 2.36. The van der Waals surface area contributed by atoms with Gasteiger partial charge in [-0.25, -0.2) is 0 Å². The highest BCUT2D eigenvalue weighted by atomic mass is 14.3. The lowest BCUT2D eigenvalue weighted by molar-refractivity contribution is 0.226. The molecule has 1 rings (SSSR count). The molecule has 0 spiro atoms. The third-order valence-corrected chi connectivity index (χ3v) is 3.33. The number of rotatable bonds is 0. The van der Waals surface area contributed by atoms with Gasteiger partial charge in [0.25, 0.3) is 0 Å². The van der Waals surface area contributed by atoms with Crippen molar-refractivity contribution in [3.05, 3.63) is 0 Å². The van der Waals surface area contributed by atoms with E-state index < -0.39 is 0 Å². The molecule has 0 aromatic carbocycles. The monoisotopic (exact) mass is 192 g/mol. The van der Waals surface area contributed by atoms with Crippen molar-refractivity contribution in [2.45, 2.75) is 66.2 Å². The van der Waals surface area contributed by atoms with Crippen LogP contribution < -0.4 is 0 Å². The molecule has 0 aromatic heterocycles. The Morgan fingerprint density at radius 2 is 1.43 bits per heavy atom. The SMILES string of the molecule is CC1(C)CC#CCCCC(C)(C)CC1. The molecule has 0 radical (unpaired) electrons. The van der Waals surface area contributed by atoms with Crippen molar-refractivity contribution < 1.29 is 0 Å². The Morgan fingerprint density at radius 1 is 0.786 bits per heavy atom. The Hall–Kier alpha value is -0.440. The summed E-state index contributed by atoms with van der Waals surface area (Å²) < 4.78 is 0. The van der Waals surface area contributed by atoms with Crippen LogP contribution >= 0.6 is 0 Å². The fourth-order valence-corrected chi connectivity index (χ4v) is 1.94. The predicted molar refractivity (Wildman–Crippen MR) is 63.0 cm³/mol. The van der Waals surface area contributed by atoms with Gasteiger partial charge >= 0.3 is 0 Å². The van der Waals surface area contributed by atoms with Crippen LogP contribution in [0.5, 0.6) is 0 Å². The average molecular weight is 192 g/mol. The van der Waals surface area contributed by atoms with Crippen molar-refractivity contribution in [2.75, 3.05) is 0 Å². The van der Waals surface area contributed by atoms with Crippen LogP contribution in [0.15, 0.2) is 0 Å². The van der Waals surface area contributed by atoms with E-state index in [9.17, 15) is 0 Å². The Morgan fingerprint density at radius 3 is 2.14 bits per heavy atom. The maximum atomic E-state index is 3.32. The second kappa shape index (κ2) is 4.39. The molecule has 0 N–H and O–H groups in total. The number of hydrogen-bond donors (Lipinski definition) is 0. The molecular formula is C14H24. The van der Waals surface area contributed by atoms with E-state index in [-0.39, 0.29) is 0 Å². The first kappa shape index (κ1) is 11.6. The maximum Gasteiger partial charge on any atom is 0.0140 e. The third-order valence-electron chi connectivity index (χ3n) is 3.33. The molecule has 0 aliphatic heterocycles. The molecule has 0 saturated carbocycles. The molecule has 0 amide bonds. The van der Waals surface area contributed by atoms with Gasteiger partial charge in [0.05, 0.1) is 0 Å². The first-order valence-electron chi connectivity index (χ1n) is 5.87. The smallest absolute Gasteiger partial charge is 0.0140 e. The van der Waals surface area contributed by atoms with Crippen molar-refractivity contribution in [1.82, 2.24) is 0 Å². The van der Waals surface area contributed by atoms with E-state index in [1.165, 1.54) is 25.7 Å². The summed E-state index contributed by atoms with van der Waals surface area (Å²) in [6, 6.07) is 0. The van der Waals surface area contributed by atoms with E-state index >= 15 is 0 Å². The van der Waals surface area contributed by atoms with Gasteiger partial charge in [0.15, 0.2) is 0 Å². The summed E-state index contributed by atoms with van der Waals surface area (Å²) in [6.45, 7) is 9.50. The molecular weight excluding hydrogens is 168 g/mol. The van der Waals surface area contributed by atoms with Crippen LogP contribution in [0.25, 0.3) is 0 Å². The Labute approximate surface area is 89.5 Å². The lowest BCUT2D eigenvalue weighted by Crippen LogP contribution is -2.18. The fourth-order valence-electron chi connectivity index (χ4n) is 1.94. The molecule has 0 heteroatoms. The first-order valence-corrected chi connectivity index (χ1v) is 5.87. The minimum absolute atomic E-state index is 0.418. The molecule has 1 aliphatic rings. The molecule has 1 aliphatic carbocycles. The minimum atomic E-state index is 0.418. The quantitative estimate of drug-likeness (QED) is 0.499. The summed E-state index contributed by atoms with van der Waals surface area (Å²) in [4.78, 5) is 0. The molecule has 0 aromatic rings. The first-order chi connectivity index (χ1) is 6.41. The molecule has 0 saturated heterocycles. The van der Waals surface area contributed by atoms with E-state index in [0.717, 1.165) is 12.8 Å². The summed E-state index contributed by atoms with van der Waals surface area (Å²) in [7, 11) is 0. The van der Waals surface area contributed by atoms with Crippen LogP contribution in [0, 0.1) is 22.7 Å². The molecule has 0 bridgehead atoms. The average Bonchev–Trinajstić information content (AvgIpc) is 2.08. The fraction of sp³-hybridized carbons (Fsp3) is 0.857. The molecule has 0 atom stereocenters. The van der Waals surface area contributed by atoms with Crippen LogP contribution in [0.1, 0.15) is 66.2 Å². The second-order valence-electron chi connectivity index (χ2n) is 6.21. The molecule has 0 heterocycles. The zero-order chi connectivity index (χ0) is 10.7. The largest absolute Gasteiger partial charge is 0.103 e. The molecule has 0 nitrogen and oxygen atoms in total. The number of hydrogen-bond acceptors (Lipinski definition) is 0. The van der Waals surface area contributed by atoms with E-state index in [1.54, 1.807) is 0 Å². The standard InChI is InChI=1S/C14H24/c1-13(2)9-7-5-6-8-10-14(3,4)12-11-13/h5,7,9-12H2,1-4H3. The summed E-state index contributed by atoms with van der Waals surface area (Å²) in [5, 5.41) is 0. The van der Waals surface area contributed by atoms with Gasteiger partial charge in [0.2, 0.25) is 0 Å². The molecule has 14 heavy (non-hydrogen) atoms. The second-order valence-corrected chi connectivity index (χ2v) is 6.21. The lowest BCUT2D eigenvalue weighted by atomic mass is 9.75. The molecule has 0 unspecified atom stereocenters. The predicted octanol–water partition coefficient (Wildman–Crippen LogP) is 4.40. The Bertz CT molecular complexity index is 234.